The van der Waals surface area contributed by atoms with Crippen molar-refractivity contribution in [1.29, 1.82) is 0 Å². The summed E-state index contributed by atoms with van der Waals surface area (Å²) in [6.45, 7) is 4.61. The summed E-state index contributed by atoms with van der Waals surface area (Å²) in [5, 5.41) is 4.14. The maximum absolute atomic E-state index is 6.13. The second-order valence-electron chi connectivity index (χ2n) is 5.23. The SMILES string of the molecule is Cc1cc(Oc2nc(CNC3CC3)co2)cc(C)c1Cl. The Balaban J connectivity index is 1.67. The predicted octanol–water partition coefficient (Wildman–Crippen LogP) is 3.99. The molecule has 0 bridgehead atoms. The van der Waals surface area contributed by atoms with Crippen molar-refractivity contribution in [3.05, 3.63) is 40.2 Å². The zero-order chi connectivity index (χ0) is 14.1. The number of aryl methyl sites for hydroxylation is 2. The number of halogens is 1. The molecule has 2 aromatic rings. The number of ether oxygens (including phenoxy) is 1. The van der Waals surface area contributed by atoms with Crippen LogP contribution in [0, 0.1) is 13.8 Å². The van der Waals surface area contributed by atoms with Gasteiger partial charge in [0.2, 0.25) is 0 Å². The van der Waals surface area contributed by atoms with Crippen molar-refractivity contribution < 1.29 is 9.15 Å². The molecule has 3 rings (SSSR count). The van der Waals surface area contributed by atoms with Gasteiger partial charge in [0.25, 0.3) is 0 Å². The molecular weight excluding hydrogens is 276 g/mol. The van der Waals surface area contributed by atoms with E-state index in [0.717, 1.165) is 28.4 Å². The van der Waals surface area contributed by atoms with E-state index in [9.17, 15) is 0 Å². The topological polar surface area (TPSA) is 47.3 Å². The van der Waals surface area contributed by atoms with Crippen LogP contribution in [-0.2, 0) is 6.54 Å². The quantitative estimate of drug-likeness (QED) is 0.905. The summed E-state index contributed by atoms with van der Waals surface area (Å²) in [6, 6.07) is 4.40. The van der Waals surface area contributed by atoms with Gasteiger partial charge in [0.05, 0.1) is 5.69 Å². The Kier molecular flexibility index (Phi) is 3.68. The van der Waals surface area contributed by atoms with E-state index in [2.05, 4.69) is 10.3 Å². The molecule has 0 unspecified atom stereocenters. The molecule has 5 heteroatoms. The van der Waals surface area contributed by atoms with Gasteiger partial charge in [-0.05, 0) is 49.9 Å². The van der Waals surface area contributed by atoms with Crippen molar-refractivity contribution in [2.45, 2.75) is 39.3 Å². The van der Waals surface area contributed by atoms with Gasteiger partial charge in [-0.1, -0.05) is 11.6 Å². The lowest BCUT2D eigenvalue weighted by atomic mass is 10.1. The first-order valence-electron chi connectivity index (χ1n) is 6.74. The Bertz CT molecular complexity index is 597. The third-order valence-electron chi connectivity index (χ3n) is 3.30. The molecule has 1 aromatic heterocycles. The van der Waals surface area contributed by atoms with Gasteiger partial charge in [-0.25, -0.2) is 0 Å². The lowest BCUT2D eigenvalue weighted by molar-refractivity contribution is 0.330. The lowest BCUT2D eigenvalue weighted by Gasteiger charge is -2.06. The molecule has 0 atom stereocenters. The highest BCUT2D eigenvalue weighted by molar-refractivity contribution is 6.32. The Morgan fingerprint density at radius 3 is 2.70 bits per heavy atom. The normalized spacial score (nSPS) is 14.6. The van der Waals surface area contributed by atoms with Crippen molar-refractivity contribution in [3.63, 3.8) is 0 Å². The Labute approximate surface area is 123 Å². The monoisotopic (exact) mass is 292 g/mol. The van der Waals surface area contributed by atoms with Crippen molar-refractivity contribution in [2.75, 3.05) is 0 Å². The van der Waals surface area contributed by atoms with Gasteiger partial charge in [-0.3, -0.25) is 0 Å². The second-order valence-corrected chi connectivity index (χ2v) is 5.61. The number of nitrogens with one attached hydrogen (secondary N) is 1. The van der Waals surface area contributed by atoms with Crippen LogP contribution in [0.4, 0.5) is 0 Å². The molecule has 1 aliphatic carbocycles. The highest BCUT2D eigenvalue weighted by Crippen LogP contribution is 2.29. The van der Waals surface area contributed by atoms with Crippen molar-refractivity contribution in [3.8, 4) is 11.8 Å². The minimum atomic E-state index is 0.263. The molecule has 1 fully saturated rings. The fourth-order valence-corrected chi connectivity index (χ4v) is 2.13. The third kappa shape index (κ3) is 3.14. The van der Waals surface area contributed by atoms with Crippen LogP contribution in [0.3, 0.4) is 0 Å². The molecule has 0 aliphatic heterocycles. The molecule has 0 spiro atoms. The van der Waals surface area contributed by atoms with E-state index in [1.807, 2.05) is 26.0 Å². The standard InChI is InChI=1S/C15H17ClN2O2/c1-9-5-13(6-10(2)14(9)16)20-15-18-12(8-19-15)7-17-11-3-4-11/h5-6,8,11,17H,3-4,7H2,1-2H3. The number of hydrogen-bond donors (Lipinski definition) is 1. The number of aromatic nitrogens is 1. The zero-order valence-electron chi connectivity index (χ0n) is 11.6. The van der Waals surface area contributed by atoms with Crippen LogP contribution in [0.15, 0.2) is 22.8 Å². The smallest absolute Gasteiger partial charge is 0.399 e. The number of nitrogens with zero attached hydrogens (tertiary/aromatic N) is 1. The highest BCUT2D eigenvalue weighted by atomic mass is 35.5. The first-order valence-corrected chi connectivity index (χ1v) is 7.12. The molecule has 0 radical (unpaired) electrons. The summed E-state index contributed by atoms with van der Waals surface area (Å²) in [6.07, 6.45) is 4.40. The minimum Gasteiger partial charge on any atom is -0.417 e. The summed E-state index contributed by atoms with van der Waals surface area (Å²) in [7, 11) is 0. The molecule has 1 aliphatic rings. The molecule has 1 N–H and O–H groups in total. The summed E-state index contributed by atoms with van der Waals surface area (Å²) in [5.41, 5.74) is 2.81. The van der Waals surface area contributed by atoms with Gasteiger partial charge < -0.3 is 14.5 Å². The van der Waals surface area contributed by atoms with Crippen LogP contribution in [-0.4, -0.2) is 11.0 Å². The van der Waals surface area contributed by atoms with Crippen LogP contribution in [0.5, 0.6) is 11.8 Å². The van der Waals surface area contributed by atoms with Crippen molar-refractivity contribution in [1.82, 2.24) is 10.3 Å². The summed E-state index contributed by atoms with van der Waals surface area (Å²) in [4.78, 5) is 4.30. The highest BCUT2D eigenvalue weighted by Gasteiger charge is 2.20. The van der Waals surface area contributed by atoms with Gasteiger partial charge in [-0.2, -0.15) is 4.98 Å². The van der Waals surface area contributed by atoms with E-state index in [4.69, 9.17) is 20.8 Å². The number of oxazole rings is 1. The van der Waals surface area contributed by atoms with E-state index >= 15 is 0 Å². The van der Waals surface area contributed by atoms with Crippen LogP contribution in [0.25, 0.3) is 0 Å². The van der Waals surface area contributed by atoms with Gasteiger partial charge in [0, 0.05) is 17.6 Å². The van der Waals surface area contributed by atoms with E-state index in [-0.39, 0.29) is 6.08 Å². The van der Waals surface area contributed by atoms with Gasteiger partial charge in [-0.15, -0.1) is 0 Å². The number of hydrogen-bond acceptors (Lipinski definition) is 4. The molecule has 0 amide bonds. The third-order valence-corrected chi connectivity index (χ3v) is 3.89. The van der Waals surface area contributed by atoms with Gasteiger partial charge >= 0.3 is 6.08 Å². The average molecular weight is 293 g/mol. The molecule has 20 heavy (non-hydrogen) atoms. The van der Waals surface area contributed by atoms with Crippen molar-refractivity contribution in [2.24, 2.45) is 0 Å². The number of rotatable bonds is 5. The maximum atomic E-state index is 6.13. The molecule has 0 saturated heterocycles. The fraction of sp³-hybridized carbons (Fsp3) is 0.400. The van der Waals surface area contributed by atoms with E-state index in [1.54, 1.807) is 6.26 Å². The molecule has 106 valence electrons. The van der Waals surface area contributed by atoms with Crippen LogP contribution >= 0.6 is 11.6 Å². The summed E-state index contributed by atoms with van der Waals surface area (Å²) in [5.74, 6) is 0.688. The Morgan fingerprint density at radius 1 is 1.35 bits per heavy atom. The van der Waals surface area contributed by atoms with Crippen molar-refractivity contribution >= 4 is 11.6 Å². The summed E-state index contributed by atoms with van der Waals surface area (Å²) >= 11 is 6.13. The van der Waals surface area contributed by atoms with E-state index in [1.165, 1.54) is 12.8 Å². The summed E-state index contributed by atoms with van der Waals surface area (Å²) < 4.78 is 11.0. The molecule has 1 aromatic carbocycles. The van der Waals surface area contributed by atoms with E-state index < -0.39 is 0 Å². The maximum Gasteiger partial charge on any atom is 0.399 e. The minimum absolute atomic E-state index is 0.263. The molecule has 4 nitrogen and oxygen atoms in total. The molecule has 1 heterocycles. The zero-order valence-corrected chi connectivity index (χ0v) is 12.3. The first-order chi connectivity index (χ1) is 9.61. The molecule has 1 saturated carbocycles. The fourth-order valence-electron chi connectivity index (χ4n) is 2.02. The van der Waals surface area contributed by atoms with E-state index in [0.29, 0.717) is 11.8 Å². The Hall–Kier alpha value is -1.52. The van der Waals surface area contributed by atoms with Gasteiger partial charge in [0.1, 0.15) is 12.0 Å². The lowest BCUT2D eigenvalue weighted by Crippen LogP contribution is -2.15. The predicted molar refractivity (Wildman–Crippen MR) is 77.4 cm³/mol. The van der Waals surface area contributed by atoms with Gasteiger partial charge in [0.15, 0.2) is 0 Å². The first kappa shape index (κ1) is 13.5. The second kappa shape index (κ2) is 5.46. The van der Waals surface area contributed by atoms with Crippen LogP contribution in [0.2, 0.25) is 5.02 Å². The molecular formula is C15H17ClN2O2. The largest absolute Gasteiger partial charge is 0.417 e. The Morgan fingerprint density at radius 2 is 2.05 bits per heavy atom. The van der Waals surface area contributed by atoms with Crippen LogP contribution < -0.4 is 10.1 Å². The number of benzene rings is 1. The average Bonchev–Trinajstić information content (AvgIpc) is 3.14. The van der Waals surface area contributed by atoms with Crippen LogP contribution in [0.1, 0.15) is 29.7 Å².